The highest BCUT2D eigenvalue weighted by atomic mass is 14.8. The molecule has 66 heavy (non-hydrogen) atoms. The molecule has 2 rings (SSSR count). The fourth-order valence-corrected chi connectivity index (χ4v) is 9.48. The van der Waals surface area contributed by atoms with Gasteiger partial charge in [-0.05, 0) is 123 Å². The Labute approximate surface area is 412 Å². The summed E-state index contributed by atoms with van der Waals surface area (Å²) in [6, 6.07) is 14.0. The predicted octanol–water partition coefficient (Wildman–Crippen LogP) is 21.6. The van der Waals surface area contributed by atoms with E-state index in [2.05, 4.69) is 89.8 Å². The van der Waals surface area contributed by atoms with Crippen LogP contribution in [0.5, 0.6) is 0 Å². The molecule has 0 aliphatic rings. The minimum Gasteiger partial charge on any atom is -0.251 e. The Bertz CT molecular complexity index is 1550. The van der Waals surface area contributed by atoms with E-state index in [4.69, 9.17) is 9.98 Å². The third kappa shape index (κ3) is 30.7. The fourth-order valence-electron chi connectivity index (χ4n) is 9.48. The summed E-state index contributed by atoms with van der Waals surface area (Å²) in [5.41, 5.74) is 10.00. The normalized spacial score (nSPS) is 12.0. The van der Waals surface area contributed by atoms with Gasteiger partial charge in [0, 0.05) is 6.42 Å². The Morgan fingerprint density at radius 3 is 1.02 bits per heavy atom. The van der Waals surface area contributed by atoms with Crippen LogP contribution >= 0.6 is 0 Å². The van der Waals surface area contributed by atoms with Crippen LogP contribution in [0.2, 0.25) is 0 Å². The van der Waals surface area contributed by atoms with Crippen LogP contribution < -0.4 is 0 Å². The van der Waals surface area contributed by atoms with Crippen molar-refractivity contribution in [3.63, 3.8) is 0 Å². The van der Waals surface area contributed by atoms with Gasteiger partial charge in [-0.15, -0.1) is 0 Å². The minimum absolute atomic E-state index is 0.881. The maximum absolute atomic E-state index is 5.41. The Kier molecular flexibility index (Phi) is 39.3. The fraction of sp³-hybridized carbons (Fsp3) is 0.750. The van der Waals surface area contributed by atoms with Gasteiger partial charge in [-0.2, -0.15) is 0 Å². The van der Waals surface area contributed by atoms with Crippen LogP contribution in [-0.2, 0) is 25.7 Å². The molecule has 0 saturated carbocycles. The van der Waals surface area contributed by atoms with Gasteiger partial charge in [-0.1, -0.05) is 252 Å². The molecular formula is C64H108N2. The van der Waals surface area contributed by atoms with Crippen molar-refractivity contribution >= 4 is 22.8 Å². The first kappa shape index (κ1) is 59.5. The summed E-state index contributed by atoms with van der Waals surface area (Å²) in [6.45, 7) is 13.8. The van der Waals surface area contributed by atoms with Crippen LogP contribution in [-0.4, -0.2) is 11.4 Å². The van der Waals surface area contributed by atoms with E-state index in [9.17, 15) is 0 Å². The molecule has 0 atom stereocenters. The zero-order valence-corrected chi connectivity index (χ0v) is 45.1. The first-order valence-corrected chi connectivity index (χ1v) is 29.5. The Hall–Kier alpha value is -2.66. The maximum atomic E-state index is 5.41. The molecule has 0 aliphatic carbocycles. The van der Waals surface area contributed by atoms with Crippen molar-refractivity contribution in [1.82, 2.24) is 0 Å². The van der Waals surface area contributed by atoms with Gasteiger partial charge in [0.25, 0.3) is 0 Å². The van der Waals surface area contributed by atoms with E-state index in [1.54, 1.807) is 0 Å². The quantitative estimate of drug-likeness (QED) is 0.0360. The highest BCUT2D eigenvalue weighted by Gasteiger charge is 2.12. The molecule has 0 saturated heterocycles. The summed E-state index contributed by atoms with van der Waals surface area (Å²) in [5.74, 6) is 7.25. The number of aliphatic imine (C=N–C) groups is 2. The summed E-state index contributed by atoms with van der Waals surface area (Å²) < 4.78 is 0. The summed E-state index contributed by atoms with van der Waals surface area (Å²) in [5, 5.41) is 0. The second kappa shape index (κ2) is 43.6. The smallest absolute Gasteiger partial charge is 0.135 e. The van der Waals surface area contributed by atoms with E-state index in [1.165, 1.54) is 241 Å². The highest BCUT2D eigenvalue weighted by Crippen LogP contribution is 2.26. The number of hydrogen-bond acceptors (Lipinski definition) is 2. The molecule has 0 aromatic heterocycles. The topological polar surface area (TPSA) is 24.7 Å². The van der Waals surface area contributed by atoms with Crippen LogP contribution in [0.1, 0.15) is 308 Å². The van der Waals surface area contributed by atoms with Gasteiger partial charge < -0.3 is 0 Å². The zero-order valence-electron chi connectivity index (χ0n) is 45.1. The lowest BCUT2D eigenvalue weighted by atomic mass is 9.97. The summed E-state index contributed by atoms with van der Waals surface area (Å²) in [7, 11) is 0. The van der Waals surface area contributed by atoms with Crippen molar-refractivity contribution in [2.45, 2.75) is 311 Å². The molecule has 0 fully saturated rings. The van der Waals surface area contributed by atoms with Crippen LogP contribution in [0.3, 0.4) is 0 Å². The Balaban J connectivity index is 1.86. The first-order valence-electron chi connectivity index (χ1n) is 29.5. The molecular weight excluding hydrogens is 797 g/mol. The third-order valence-corrected chi connectivity index (χ3v) is 14.0. The summed E-state index contributed by atoms with van der Waals surface area (Å²) in [4.78, 5) is 10.8. The van der Waals surface area contributed by atoms with Crippen molar-refractivity contribution < 1.29 is 0 Å². The molecule has 2 aromatic rings. The number of nitrogens with zero attached hydrogens (tertiary/aromatic N) is 2. The van der Waals surface area contributed by atoms with Crippen molar-refractivity contribution in [2.75, 3.05) is 0 Å². The van der Waals surface area contributed by atoms with Crippen molar-refractivity contribution in [2.24, 2.45) is 9.98 Å². The molecule has 0 heterocycles. The molecule has 2 nitrogen and oxygen atoms in total. The molecule has 0 aliphatic heterocycles. The van der Waals surface area contributed by atoms with E-state index in [-0.39, 0.29) is 0 Å². The monoisotopic (exact) mass is 905 g/mol. The molecule has 374 valence electrons. The van der Waals surface area contributed by atoms with Crippen molar-refractivity contribution in [3.05, 3.63) is 58.7 Å². The SMILES string of the molecule is CCCCCCCCCCCCCCCCCCCCCCCCCCCCC#CC(=Nc1ccc(CCCC)c(CCCC)c1)C(CCCC)=Nc1ccc(CCCC)c(CCCC)c1. The van der Waals surface area contributed by atoms with E-state index < -0.39 is 0 Å². The van der Waals surface area contributed by atoms with E-state index in [1.807, 2.05) is 0 Å². The second-order valence-corrected chi connectivity index (χ2v) is 20.3. The van der Waals surface area contributed by atoms with E-state index in [0.29, 0.717) is 0 Å². The van der Waals surface area contributed by atoms with Gasteiger partial charge in [0.2, 0.25) is 0 Å². The van der Waals surface area contributed by atoms with Gasteiger partial charge >= 0.3 is 0 Å². The zero-order chi connectivity index (χ0) is 47.4. The summed E-state index contributed by atoms with van der Waals surface area (Å²) >= 11 is 0. The lowest BCUT2D eigenvalue weighted by Crippen LogP contribution is -2.12. The molecule has 0 spiro atoms. The van der Waals surface area contributed by atoms with Crippen molar-refractivity contribution in [3.8, 4) is 11.8 Å². The van der Waals surface area contributed by atoms with Gasteiger partial charge in [0.1, 0.15) is 5.71 Å². The third-order valence-electron chi connectivity index (χ3n) is 14.0. The van der Waals surface area contributed by atoms with E-state index >= 15 is 0 Å². The number of rotatable bonds is 44. The number of unbranched alkanes of at least 4 members (excludes halogenated alkanes) is 31. The highest BCUT2D eigenvalue weighted by molar-refractivity contribution is 6.49. The van der Waals surface area contributed by atoms with Crippen LogP contribution in [0.15, 0.2) is 46.4 Å². The van der Waals surface area contributed by atoms with Crippen LogP contribution in [0.25, 0.3) is 0 Å². The minimum atomic E-state index is 0.881. The summed E-state index contributed by atoms with van der Waals surface area (Å²) in [6.07, 6.45) is 55.6. The van der Waals surface area contributed by atoms with Crippen molar-refractivity contribution in [1.29, 1.82) is 0 Å². The first-order chi connectivity index (χ1) is 32.6. The maximum Gasteiger partial charge on any atom is 0.135 e. The molecule has 0 N–H and O–H groups in total. The number of benzene rings is 2. The van der Waals surface area contributed by atoms with Gasteiger partial charge in [0.15, 0.2) is 0 Å². The molecule has 0 radical (unpaired) electrons. The number of aryl methyl sites for hydroxylation is 4. The average Bonchev–Trinajstić information content (AvgIpc) is 3.33. The predicted molar refractivity (Wildman–Crippen MR) is 299 cm³/mol. The molecule has 2 aromatic carbocycles. The van der Waals surface area contributed by atoms with Gasteiger partial charge in [-0.3, -0.25) is 4.99 Å². The van der Waals surface area contributed by atoms with Crippen LogP contribution in [0.4, 0.5) is 11.4 Å². The average molecular weight is 906 g/mol. The van der Waals surface area contributed by atoms with Crippen LogP contribution in [0, 0.1) is 11.8 Å². The molecule has 0 unspecified atom stereocenters. The lowest BCUT2D eigenvalue weighted by molar-refractivity contribution is 0.515. The standard InChI is InChI=1S/C64H108N2/c1-7-13-19-20-21-22-23-24-25-26-27-28-29-30-31-32-33-34-35-36-37-38-39-40-41-42-43-44-50-64(66-62-54-52-58(46-15-9-3)60(56-62)48-17-11-5)63(49-18-12-6)65-61-53-51-57(45-14-8-2)59(55-61)47-16-10-4/h51-56H,7-43,45-49H2,1-6H3. The molecule has 0 amide bonds. The van der Waals surface area contributed by atoms with Gasteiger partial charge in [0.05, 0.1) is 17.1 Å². The second-order valence-electron chi connectivity index (χ2n) is 20.3. The Morgan fingerprint density at radius 1 is 0.333 bits per heavy atom. The molecule has 0 bridgehead atoms. The van der Waals surface area contributed by atoms with E-state index in [0.717, 1.165) is 74.2 Å². The molecule has 2 heteroatoms. The van der Waals surface area contributed by atoms with Gasteiger partial charge in [-0.25, -0.2) is 4.99 Å². The lowest BCUT2D eigenvalue weighted by Gasteiger charge is -2.12. The Morgan fingerprint density at radius 2 is 0.652 bits per heavy atom. The largest absolute Gasteiger partial charge is 0.251 e. The number of hydrogen-bond donors (Lipinski definition) is 0.